The highest BCUT2D eigenvalue weighted by molar-refractivity contribution is 5.92. The van der Waals surface area contributed by atoms with E-state index in [1.165, 1.54) is 38.5 Å². The molecule has 172 valence electrons. The average Bonchev–Trinajstić information content (AvgIpc) is 3.47. The van der Waals surface area contributed by atoms with Crippen molar-refractivity contribution >= 4 is 17.6 Å². The number of ether oxygens (including phenoxy) is 1. The topological polar surface area (TPSA) is 74.8 Å². The number of carbonyl (C=O) groups is 1. The van der Waals surface area contributed by atoms with Crippen LogP contribution in [0.4, 0.5) is 5.69 Å². The van der Waals surface area contributed by atoms with E-state index in [0.29, 0.717) is 12.0 Å². The van der Waals surface area contributed by atoms with E-state index in [1.807, 2.05) is 25.2 Å². The van der Waals surface area contributed by atoms with Crippen LogP contribution in [0.15, 0.2) is 29.3 Å². The lowest BCUT2D eigenvalue weighted by molar-refractivity contribution is -0.119. The van der Waals surface area contributed by atoms with Crippen LogP contribution in [0, 0.1) is 11.3 Å². The fourth-order valence-corrected chi connectivity index (χ4v) is 4.94. The van der Waals surface area contributed by atoms with Crippen molar-refractivity contribution < 1.29 is 9.53 Å². The first-order valence-corrected chi connectivity index (χ1v) is 12.1. The third-order valence-electron chi connectivity index (χ3n) is 6.88. The molecule has 3 N–H and O–H groups in total. The lowest BCUT2D eigenvalue weighted by Crippen LogP contribution is -2.43. The van der Waals surface area contributed by atoms with Gasteiger partial charge in [0.15, 0.2) is 5.96 Å². The maximum Gasteiger partial charge on any atom is 0.227 e. The molecule has 2 fully saturated rings. The third-order valence-corrected chi connectivity index (χ3v) is 6.88. The molecule has 6 heteroatoms. The molecule has 0 aliphatic heterocycles. The predicted molar refractivity (Wildman–Crippen MR) is 127 cm³/mol. The second-order valence-electron chi connectivity index (χ2n) is 9.10. The molecule has 0 unspecified atom stereocenters. The smallest absolute Gasteiger partial charge is 0.227 e. The Labute approximate surface area is 187 Å². The number of amides is 1. The Bertz CT molecular complexity index is 722. The van der Waals surface area contributed by atoms with E-state index in [0.717, 1.165) is 56.2 Å². The van der Waals surface area contributed by atoms with Gasteiger partial charge in [0.25, 0.3) is 0 Å². The van der Waals surface area contributed by atoms with Crippen molar-refractivity contribution in [2.45, 2.75) is 71.3 Å². The van der Waals surface area contributed by atoms with Gasteiger partial charge in [-0.25, -0.2) is 0 Å². The summed E-state index contributed by atoms with van der Waals surface area (Å²) in [4.78, 5) is 16.8. The molecule has 0 atom stereocenters. The van der Waals surface area contributed by atoms with E-state index in [1.54, 1.807) is 0 Å². The van der Waals surface area contributed by atoms with Crippen molar-refractivity contribution in [3.8, 4) is 0 Å². The van der Waals surface area contributed by atoms with Crippen molar-refractivity contribution in [3.63, 3.8) is 0 Å². The minimum Gasteiger partial charge on any atom is -0.382 e. The van der Waals surface area contributed by atoms with Crippen LogP contribution in [0.5, 0.6) is 0 Å². The third kappa shape index (κ3) is 7.23. The fourth-order valence-electron chi connectivity index (χ4n) is 4.94. The van der Waals surface area contributed by atoms with Crippen molar-refractivity contribution in [2.24, 2.45) is 16.3 Å². The van der Waals surface area contributed by atoms with Crippen LogP contribution in [0.25, 0.3) is 0 Å². The molecule has 1 amide bonds. The van der Waals surface area contributed by atoms with Gasteiger partial charge in [0, 0.05) is 45.0 Å². The largest absolute Gasteiger partial charge is 0.382 e. The molecule has 0 aromatic heterocycles. The first-order valence-electron chi connectivity index (χ1n) is 12.1. The molecule has 0 bridgehead atoms. The molecule has 0 saturated heterocycles. The molecule has 2 saturated carbocycles. The van der Waals surface area contributed by atoms with Crippen LogP contribution >= 0.6 is 0 Å². The zero-order valence-electron chi connectivity index (χ0n) is 19.3. The van der Waals surface area contributed by atoms with E-state index in [-0.39, 0.29) is 11.8 Å². The number of rotatable bonds is 10. The molecular formula is C25H40N4O2. The van der Waals surface area contributed by atoms with Crippen LogP contribution in [0.1, 0.15) is 70.3 Å². The lowest BCUT2D eigenvalue weighted by atomic mass is 9.83. The highest BCUT2D eigenvalue weighted by Gasteiger charge is 2.33. The number of nitrogens with zero attached hydrogens (tertiary/aromatic N) is 1. The monoisotopic (exact) mass is 428 g/mol. The Morgan fingerprint density at radius 1 is 1.16 bits per heavy atom. The molecule has 0 radical (unpaired) electrons. The van der Waals surface area contributed by atoms with Gasteiger partial charge >= 0.3 is 0 Å². The summed E-state index contributed by atoms with van der Waals surface area (Å²) in [7, 11) is 1.81. The standard InChI is InChI=1S/C25H40N4O2/c1-3-31-16-15-25(13-6-7-14-25)19-28-24(26-2)27-18-20-9-8-12-22(17-20)29-23(30)21-10-4-5-11-21/h8-9,12,17,21H,3-7,10-11,13-16,18-19H2,1-2H3,(H,29,30)(H2,26,27,28). The van der Waals surface area contributed by atoms with E-state index in [4.69, 9.17) is 4.74 Å². The highest BCUT2D eigenvalue weighted by Crippen LogP contribution is 2.40. The van der Waals surface area contributed by atoms with Crippen LogP contribution in [0.3, 0.4) is 0 Å². The molecule has 0 heterocycles. The summed E-state index contributed by atoms with van der Waals surface area (Å²) in [6, 6.07) is 8.09. The summed E-state index contributed by atoms with van der Waals surface area (Å²) < 4.78 is 5.63. The number of nitrogens with one attached hydrogen (secondary N) is 3. The molecule has 6 nitrogen and oxygen atoms in total. The minimum atomic E-state index is 0.161. The second-order valence-corrected chi connectivity index (χ2v) is 9.10. The lowest BCUT2D eigenvalue weighted by Gasteiger charge is -2.30. The first-order chi connectivity index (χ1) is 15.1. The summed E-state index contributed by atoms with van der Waals surface area (Å²) in [6.07, 6.45) is 10.6. The Morgan fingerprint density at radius 2 is 1.94 bits per heavy atom. The second kappa shape index (κ2) is 12.1. The van der Waals surface area contributed by atoms with Gasteiger partial charge in [-0.1, -0.05) is 37.8 Å². The number of guanidine groups is 1. The average molecular weight is 429 g/mol. The number of benzene rings is 1. The predicted octanol–water partition coefficient (Wildman–Crippen LogP) is 4.47. The van der Waals surface area contributed by atoms with E-state index in [2.05, 4.69) is 33.9 Å². The number of hydrogen-bond donors (Lipinski definition) is 3. The van der Waals surface area contributed by atoms with Gasteiger partial charge in [-0.15, -0.1) is 0 Å². The van der Waals surface area contributed by atoms with Gasteiger partial charge in [0.2, 0.25) is 5.91 Å². The van der Waals surface area contributed by atoms with Crippen molar-refractivity contribution in [1.29, 1.82) is 0 Å². The van der Waals surface area contributed by atoms with Crippen LogP contribution < -0.4 is 16.0 Å². The summed E-state index contributed by atoms with van der Waals surface area (Å²) in [5.74, 6) is 1.16. The Balaban J connectivity index is 1.48. The molecule has 0 spiro atoms. The first kappa shape index (κ1) is 23.6. The minimum absolute atomic E-state index is 0.161. The highest BCUT2D eigenvalue weighted by atomic mass is 16.5. The quantitative estimate of drug-likeness (QED) is 0.292. The van der Waals surface area contributed by atoms with Gasteiger partial charge in [0.05, 0.1) is 0 Å². The zero-order valence-corrected chi connectivity index (χ0v) is 19.3. The van der Waals surface area contributed by atoms with Crippen LogP contribution in [-0.4, -0.2) is 38.7 Å². The SMILES string of the molecule is CCOCCC1(CNC(=NC)NCc2cccc(NC(=O)C3CCCC3)c2)CCCC1. The molecule has 31 heavy (non-hydrogen) atoms. The maximum atomic E-state index is 12.4. The number of anilines is 1. The van der Waals surface area contributed by atoms with E-state index < -0.39 is 0 Å². The fraction of sp³-hybridized carbons (Fsp3) is 0.680. The molecule has 2 aliphatic carbocycles. The number of carbonyl (C=O) groups excluding carboxylic acids is 1. The molecule has 1 aromatic carbocycles. The van der Waals surface area contributed by atoms with E-state index >= 15 is 0 Å². The summed E-state index contributed by atoms with van der Waals surface area (Å²) in [5, 5.41) is 10.1. The Hall–Kier alpha value is -2.08. The van der Waals surface area contributed by atoms with Gasteiger partial charge in [-0.2, -0.15) is 0 Å². The Morgan fingerprint density at radius 3 is 2.65 bits per heavy atom. The summed E-state index contributed by atoms with van der Waals surface area (Å²) in [6.45, 7) is 5.27. The maximum absolute atomic E-state index is 12.4. The van der Waals surface area contributed by atoms with Crippen LogP contribution in [0.2, 0.25) is 0 Å². The zero-order chi connectivity index (χ0) is 21.9. The van der Waals surface area contributed by atoms with Gasteiger partial charge in [0.1, 0.15) is 0 Å². The number of hydrogen-bond acceptors (Lipinski definition) is 3. The summed E-state index contributed by atoms with van der Waals surface area (Å²) in [5.41, 5.74) is 2.32. The van der Waals surface area contributed by atoms with Crippen molar-refractivity contribution in [1.82, 2.24) is 10.6 Å². The summed E-state index contributed by atoms with van der Waals surface area (Å²) >= 11 is 0. The molecule has 2 aliphatic rings. The van der Waals surface area contributed by atoms with Crippen molar-refractivity contribution in [2.75, 3.05) is 32.1 Å². The van der Waals surface area contributed by atoms with Gasteiger partial charge < -0.3 is 20.7 Å². The molecule has 3 rings (SSSR count). The normalized spacial score (nSPS) is 18.8. The Kier molecular flexibility index (Phi) is 9.19. The van der Waals surface area contributed by atoms with Crippen LogP contribution in [-0.2, 0) is 16.1 Å². The number of aliphatic imine (C=N–C) groups is 1. The molecule has 1 aromatic rings. The van der Waals surface area contributed by atoms with E-state index in [9.17, 15) is 4.79 Å². The van der Waals surface area contributed by atoms with Gasteiger partial charge in [-0.3, -0.25) is 9.79 Å². The van der Waals surface area contributed by atoms with Crippen molar-refractivity contribution in [3.05, 3.63) is 29.8 Å². The van der Waals surface area contributed by atoms with Gasteiger partial charge in [-0.05, 0) is 62.1 Å². The molecular weight excluding hydrogens is 388 g/mol.